The molecule has 1 aromatic heterocycles. The van der Waals surface area contributed by atoms with Crippen LogP contribution in [0.1, 0.15) is 16.8 Å². The van der Waals surface area contributed by atoms with Crippen molar-refractivity contribution in [2.75, 3.05) is 5.32 Å². The number of nitrogens with one attached hydrogen (secondary N) is 1. The van der Waals surface area contributed by atoms with E-state index < -0.39 is 0 Å². The maximum absolute atomic E-state index is 5.67. The second kappa shape index (κ2) is 5.67. The molecule has 3 N–H and O–H groups in total. The first kappa shape index (κ1) is 14.0. The number of benzene rings is 1. The zero-order valence-electron chi connectivity index (χ0n) is 10.7. The summed E-state index contributed by atoms with van der Waals surface area (Å²) in [6.07, 6.45) is 0. The van der Waals surface area contributed by atoms with Crippen molar-refractivity contribution < 1.29 is 0 Å². The highest BCUT2D eigenvalue weighted by atomic mass is 79.9. The molecule has 0 amide bonds. The lowest BCUT2D eigenvalue weighted by Gasteiger charge is -2.11. The van der Waals surface area contributed by atoms with Crippen LogP contribution in [-0.4, -0.2) is 9.97 Å². The molecule has 98 valence electrons. The molecular formula is C14H14BrN3S. The molecule has 5 heteroatoms. The highest BCUT2D eigenvalue weighted by Gasteiger charge is 2.05. The minimum Gasteiger partial charge on any atom is -0.389 e. The van der Waals surface area contributed by atoms with Gasteiger partial charge in [0.05, 0.1) is 0 Å². The van der Waals surface area contributed by atoms with E-state index >= 15 is 0 Å². The van der Waals surface area contributed by atoms with E-state index in [1.807, 2.05) is 44.2 Å². The predicted molar refractivity (Wildman–Crippen MR) is 87.0 cm³/mol. The van der Waals surface area contributed by atoms with Gasteiger partial charge in [0.1, 0.15) is 10.8 Å². The van der Waals surface area contributed by atoms with Gasteiger partial charge in [-0.05, 0) is 43.7 Å². The second-order valence-electron chi connectivity index (χ2n) is 4.33. The number of hydrogen-bond donors (Lipinski definition) is 2. The minimum atomic E-state index is 0.375. The first-order chi connectivity index (χ1) is 8.95. The van der Waals surface area contributed by atoms with E-state index in [-0.39, 0.29) is 0 Å². The van der Waals surface area contributed by atoms with Crippen LogP contribution in [0.2, 0.25) is 0 Å². The van der Waals surface area contributed by atoms with E-state index in [9.17, 15) is 0 Å². The van der Waals surface area contributed by atoms with Gasteiger partial charge >= 0.3 is 0 Å². The van der Waals surface area contributed by atoms with Crippen molar-refractivity contribution >= 4 is 44.6 Å². The highest BCUT2D eigenvalue weighted by Crippen LogP contribution is 2.24. The van der Waals surface area contributed by atoms with Gasteiger partial charge in [-0.3, -0.25) is 0 Å². The molecule has 1 aromatic carbocycles. The van der Waals surface area contributed by atoms with Gasteiger partial charge in [-0.1, -0.05) is 34.2 Å². The first-order valence-electron chi connectivity index (χ1n) is 5.77. The van der Waals surface area contributed by atoms with Gasteiger partial charge in [-0.25, -0.2) is 4.98 Å². The highest BCUT2D eigenvalue weighted by molar-refractivity contribution is 9.10. The van der Waals surface area contributed by atoms with Gasteiger partial charge < -0.3 is 11.1 Å². The third-order valence-electron chi connectivity index (χ3n) is 2.70. The summed E-state index contributed by atoms with van der Waals surface area (Å²) < 4.78 is 1.02. The number of nitrogens with zero attached hydrogens (tertiary/aromatic N) is 1. The predicted octanol–water partition coefficient (Wildman–Crippen LogP) is 3.84. The number of nitrogens with two attached hydrogens (primary N) is 1. The van der Waals surface area contributed by atoms with Crippen LogP contribution >= 0.6 is 28.1 Å². The zero-order valence-corrected chi connectivity index (χ0v) is 13.1. The molecule has 2 aromatic rings. The van der Waals surface area contributed by atoms with Crippen LogP contribution < -0.4 is 11.1 Å². The lowest BCUT2D eigenvalue weighted by Crippen LogP contribution is -2.11. The topological polar surface area (TPSA) is 50.9 Å². The first-order valence-corrected chi connectivity index (χ1v) is 6.97. The van der Waals surface area contributed by atoms with Gasteiger partial charge in [-0.15, -0.1) is 0 Å². The Morgan fingerprint density at radius 2 is 2.00 bits per heavy atom. The van der Waals surface area contributed by atoms with Crippen molar-refractivity contribution in [1.29, 1.82) is 0 Å². The molecule has 0 unspecified atom stereocenters. The Morgan fingerprint density at radius 3 is 2.68 bits per heavy atom. The van der Waals surface area contributed by atoms with Gasteiger partial charge in [0.25, 0.3) is 0 Å². The summed E-state index contributed by atoms with van der Waals surface area (Å²) in [6, 6.07) is 9.79. The van der Waals surface area contributed by atoms with Crippen molar-refractivity contribution in [2.24, 2.45) is 5.73 Å². The summed E-state index contributed by atoms with van der Waals surface area (Å²) in [5, 5.41) is 3.29. The Balaban J connectivity index is 2.38. The van der Waals surface area contributed by atoms with Crippen LogP contribution in [0.5, 0.6) is 0 Å². The molecule has 19 heavy (non-hydrogen) atoms. The van der Waals surface area contributed by atoms with Gasteiger partial charge in [-0.2, -0.15) is 0 Å². The van der Waals surface area contributed by atoms with E-state index in [2.05, 4.69) is 26.2 Å². The Hall–Kier alpha value is -1.46. The second-order valence-corrected chi connectivity index (χ2v) is 5.69. The molecule has 3 nitrogen and oxygen atoms in total. The molecule has 1 heterocycles. The van der Waals surface area contributed by atoms with Crippen molar-refractivity contribution in [3.8, 4) is 0 Å². The van der Waals surface area contributed by atoms with Crippen LogP contribution in [0.25, 0.3) is 0 Å². The normalized spacial score (nSPS) is 10.3. The van der Waals surface area contributed by atoms with Crippen LogP contribution in [0, 0.1) is 13.8 Å². The molecule has 0 aliphatic rings. The van der Waals surface area contributed by atoms with Crippen molar-refractivity contribution in [1.82, 2.24) is 4.98 Å². The number of aromatic nitrogens is 1. The monoisotopic (exact) mass is 335 g/mol. The lowest BCUT2D eigenvalue weighted by molar-refractivity contribution is 1.19. The minimum absolute atomic E-state index is 0.375. The molecule has 0 bridgehead atoms. The molecule has 2 rings (SSSR count). The van der Waals surface area contributed by atoms with Gasteiger partial charge in [0.2, 0.25) is 0 Å². The molecule has 0 fully saturated rings. The summed E-state index contributed by atoms with van der Waals surface area (Å²) >= 11 is 8.47. The Labute approximate surface area is 126 Å². The molecule has 0 saturated heterocycles. The number of pyridine rings is 1. The van der Waals surface area contributed by atoms with Gasteiger partial charge in [0, 0.05) is 21.4 Å². The fraction of sp³-hybridized carbons (Fsp3) is 0.143. The maximum Gasteiger partial charge on any atom is 0.131 e. The largest absolute Gasteiger partial charge is 0.389 e. The summed E-state index contributed by atoms with van der Waals surface area (Å²) in [6.45, 7) is 3.96. The van der Waals surface area contributed by atoms with E-state index in [4.69, 9.17) is 18.0 Å². The van der Waals surface area contributed by atoms with E-state index in [1.165, 1.54) is 0 Å². The quantitative estimate of drug-likeness (QED) is 0.836. The van der Waals surface area contributed by atoms with Crippen LogP contribution in [0.4, 0.5) is 11.5 Å². The summed E-state index contributed by atoms with van der Waals surface area (Å²) in [5.41, 5.74) is 9.50. The number of halogens is 1. The molecule has 0 radical (unpaired) electrons. The SMILES string of the molecule is Cc1cc(C(N)=S)cc(Nc2cc(Br)ccc2C)n1. The molecule has 0 aliphatic carbocycles. The smallest absolute Gasteiger partial charge is 0.131 e. The number of anilines is 2. The Bertz CT molecular complexity index is 641. The average Bonchev–Trinajstić information content (AvgIpc) is 2.33. The van der Waals surface area contributed by atoms with Crippen LogP contribution in [0.3, 0.4) is 0 Å². The molecule has 0 atom stereocenters. The number of aryl methyl sites for hydroxylation is 2. The summed E-state index contributed by atoms with van der Waals surface area (Å²) in [7, 11) is 0. The maximum atomic E-state index is 5.67. The zero-order chi connectivity index (χ0) is 14.0. The molecule has 0 aliphatic heterocycles. The van der Waals surface area contributed by atoms with Crippen LogP contribution in [0.15, 0.2) is 34.8 Å². The average molecular weight is 336 g/mol. The Kier molecular flexibility index (Phi) is 4.17. The van der Waals surface area contributed by atoms with E-state index in [0.717, 1.165) is 32.8 Å². The molecular weight excluding hydrogens is 322 g/mol. The summed E-state index contributed by atoms with van der Waals surface area (Å²) in [5.74, 6) is 0.740. The summed E-state index contributed by atoms with van der Waals surface area (Å²) in [4.78, 5) is 4.82. The third-order valence-corrected chi connectivity index (χ3v) is 3.43. The fourth-order valence-corrected chi connectivity index (χ4v) is 2.22. The van der Waals surface area contributed by atoms with Crippen molar-refractivity contribution in [3.05, 3.63) is 51.6 Å². The van der Waals surface area contributed by atoms with E-state index in [1.54, 1.807) is 0 Å². The third kappa shape index (κ3) is 3.52. The van der Waals surface area contributed by atoms with Gasteiger partial charge in [0.15, 0.2) is 0 Å². The van der Waals surface area contributed by atoms with Crippen molar-refractivity contribution in [3.63, 3.8) is 0 Å². The van der Waals surface area contributed by atoms with Crippen LogP contribution in [-0.2, 0) is 0 Å². The fourth-order valence-electron chi connectivity index (χ4n) is 1.74. The Morgan fingerprint density at radius 1 is 1.26 bits per heavy atom. The number of rotatable bonds is 3. The molecule has 0 saturated carbocycles. The standard InChI is InChI=1S/C14H14BrN3S/c1-8-3-4-11(15)7-12(8)18-13-6-10(14(16)19)5-9(2)17-13/h3-7H,1-2H3,(H2,16,19)(H,17,18). The lowest BCUT2D eigenvalue weighted by atomic mass is 10.2. The number of thiocarbonyl (C=S) groups is 1. The molecule has 0 spiro atoms. The van der Waals surface area contributed by atoms with E-state index in [0.29, 0.717) is 4.99 Å². The van der Waals surface area contributed by atoms with Crippen molar-refractivity contribution in [2.45, 2.75) is 13.8 Å². The number of hydrogen-bond acceptors (Lipinski definition) is 3.